The van der Waals surface area contributed by atoms with E-state index in [9.17, 15) is 0 Å². The molecule has 0 fully saturated rings. The van der Waals surface area contributed by atoms with Crippen molar-refractivity contribution >= 4 is 40.2 Å². The molecule has 1 heterocycles. The topological polar surface area (TPSA) is 24.9 Å². The molecule has 84 valence electrons. The average molecular weight is 273 g/mol. The second kappa shape index (κ2) is 5.53. The number of rotatable bonds is 4. The Balaban J connectivity index is 1.89. The molecule has 0 amide bonds. The first-order valence-corrected chi connectivity index (χ1v) is 6.46. The number of halogens is 2. The zero-order chi connectivity index (χ0) is 11.4. The highest BCUT2D eigenvalue weighted by atomic mass is 35.5. The van der Waals surface area contributed by atoms with Crippen molar-refractivity contribution in [1.29, 1.82) is 0 Å². The highest BCUT2D eigenvalue weighted by Crippen LogP contribution is 2.22. The van der Waals surface area contributed by atoms with E-state index in [0.717, 1.165) is 23.7 Å². The highest BCUT2D eigenvalue weighted by molar-refractivity contribution is 7.09. The Morgan fingerprint density at radius 3 is 2.56 bits per heavy atom. The molecule has 0 atom stereocenters. The van der Waals surface area contributed by atoms with Gasteiger partial charge in [0.1, 0.15) is 0 Å². The zero-order valence-corrected chi connectivity index (χ0v) is 10.7. The summed E-state index contributed by atoms with van der Waals surface area (Å²) < 4.78 is 0. The third-order valence-electron chi connectivity index (χ3n) is 2.01. The van der Waals surface area contributed by atoms with Gasteiger partial charge in [0, 0.05) is 40.3 Å². The summed E-state index contributed by atoms with van der Waals surface area (Å²) in [5, 5.41) is 7.65. The van der Waals surface area contributed by atoms with Crippen molar-refractivity contribution < 1.29 is 0 Å². The molecule has 0 aliphatic rings. The summed E-state index contributed by atoms with van der Waals surface area (Å²) in [5.74, 6) is 0. The van der Waals surface area contributed by atoms with Gasteiger partial charge in [-0.2, -0.15) is 0 Å². The van der Waals surface area contributed by atoms with Crippen LogP contribution in [0.2, 0.25) is 10.0 Å². The molecule has 1 N–H and O–H groups in total. The van der Waals surface area contributed by atoms with Crippen LogP contribution in [0.25, 0.3) is 0 Å². The van der Waals surface area contributed by atoms with Gasteiger partial charge in [-0.25, -0.2) is 4.98 Å². The zero-order valence-electron chi connectivity index (χ0n) is 8.41. The Kier molecular flexibility index (Phi) is 4.04. The lowest BCUT2D eigenvalue weighted by Gasteiger charge is -2.06. The van der Waals surface area contributed by atoms with Gasteiger partial charge in [0.2, 0.25) is 0 Å². The van der Waals surface area contributed by atoms with E-state index in [1.807, 2.05) is 23.7 Å². The third-order valence-corrected chi connectivity index (χ3v) is 3.29. The standard InChI is InChI=1S/C11H10Cl2N2S/c12-8-5-9(13)7-10(6-8)14-2-1-11-15-3-4-16-11/h3-7,14H,1-2H2. The summed E-state index contributed by atoms with van der Waals surface area (Å²) in [6.07, 6.45) is 2.72. The van der Waals surface area contributed by atoms with E-state index in [-0.39, 0.29) is 0 Å². The van der Waals surface area contributed by atoms with Crippen molar-refractivity contribution in [2.45, 2.75) is 6.42 Å². The van der Waals surface area contributed by atoms with Gasteiger partial charge in [-0.3, -0.25) is 0 Å². The van der Waals surface area contributed by atoms with E-state index >= 15 is 0 Å². The summed E-state index contributed by atoms with van der Waals surface area (Å²) >= 11 is 13.4. The monoisotopic (exact) mass is 272 g/mol. The largest absolute Gasteiger partial charge is 0.385 e. The number of hydrogen-bond acceptors (Lipinski definition) is 3. The Bertz CT molecular complexity index is 437. The van der Waals surface area contributed by atoms with Crippen LogP contribution in [0.3, 0.4) is 0 Å². The Hall–Kier alpha value is -0.770. The van der Waals surface area contributed by atoms with E-state index in [2.05, 4.69) is 10.3 Å². The molecule has 16 heavy (non-hydrogen) atoms. The molecule has 1 aromatic carbocycles. The maximum Gasteiger partial charge on any atom is 0.0942 e. The normalized spacial score (nSPS) is 10.4. The number of thiazole rings is 1. The summed E-state index contributed by atoms with van der Waals surface area (Å²) in [7, 11) is 0. The fourth-order valence-corrected chi connectivity index (χ4v) is 2.49. The van der Waals surface area contributed by atoms with Crippen LogP contribution in [-0.2, 0) is 6.42 Å². The van der Waals surface area contributed by atoms with Gasteiger partial charge in [-0.05, 0) is 18.2 Å². The maximum absolute atomic E-state index is 5.89. The molecular weight excluding hydrogens is 263 g/mol. The van der Waals surface area contributed by atoms with Gasteiger partial charge in [0.25, 0.3) is 0 Å². The molecule has 0 aliphatic heterocycles. The minimum atomic E-state index is 0.643. The number of hydrogen-bond donors (Lipinski definition) is 1. The lowest BCUT2D eigenvalue weighted by molar-refractivity contribution is 0.998. The molecule has 2 rings (SSSR count). The van der Waals surface area contributed by atoms with Crippen LogP contribution in [0.1, 0.15) is 5.01 Å². The van der Waals surface area contributed by atoms with E-state index in [0.29, 0.717) is 10.0 Å². The third kappa shape index (κ3) is 3.37. The van der Waals surface area contributed by atoms with E-state index in [4.69, 9.17) is 23.2 Å². The Labute approximate surface area is 108 Å². The summed E-state index contributed by atoms with van der Waals surface area (Å²) in [5.41, 5.74) is 0.939. The van der Waals surface area contributed by atoms with Crippen molar-refractivity contribution in [3.63, 3.8) is 0 Å². The minimum Gasteiger partial charge on any atom is -0.385 e. The molecular formula is C11H10Cl2N2S. The number of nitrogens with zero attached hydrogens (tertiary/aromatic N) is 1. The first-order chi connectivity index (χ1) is 7.74. The van der Waals surface area contributed by atoms with Gasteiger partial charge in [-0.1, -0.05) is 23.2 Å². The number of nitrogens with one attached hydrogen (secondary N) is 1. The van der Waals surface area contributed by atoms with Crippen LogP contribution in [0, 0.1) is 0 Å². The van der Waals surface area contributed by atoms with Crippen molar-refractivity contribution in [2.24, 2.45) is 0 Å². The van der Waals surface area contributed by atoms with Gasteiger partial charge in [-0.15, -0.1) is 11.3 Å². The molecule has 0 saturated carbocycles. The number of anilines is 1. The van der Waals surface area contributed by atoms with Crippen molar-refractivity contribution in [2.75, 3.05) is 11.9 Å². The lowest BCUT2D eigenvalue weighted by Crippen LogP contribution is -2.04. The van der Waals surface area contributed by atoms with Crippen LogP contribution in [0.4, 0.5) is 5.69 Å². The molecule has 1 aromatic heterocycles. The molecule has 0 radical (unpaired) electrons. The van der Waals surface area contributed by atoms with Gasteiger partial charge < -0.3 is 5.32 Å². The molecule has 5 heteroatoms. The first-order valence-electron chi connectivity index (χ1n) is 4.82. The molecule has 0 spiro atoms. The van der Waals surface area contributed by atoms with E-state index in [1.54, 1.807) is 17.4 Å². The number of benzene rings is 1. The summed E-state index contributed by atoms with van der Waals surface area (Å²) in [6.45, 7) is 0.824. The summed E-state index contributed by atoms with van der Waals surface area (Å²) in [6, 6.07) is 5.43. The molecule has 0 unspecified atom stereocenters. The van der Waals surface area contributed by atoms with Crippen molar-refractivity contribution in [3.05, 3.63) is 44.8 Å². The Morgan fingerprint density at radius 2 is 1.94 bits per heavy atom. The maximum atomic E-state index is 5.89. The second-order valence-corrected chi connectivity index (χ2v) is 5.11. The SMILES string of the molecule is Clc1cc(Cl)cc(NCCc2nccs2)c1. The van der Waals surface area contributed by atoms with Gasteiger partial charge in [0.05, 0.1) is 5.01 Å². The molecule has 0 saturated heterocycles. The van der Waals surface area contributed by atoms with Crippen LogP contribution >= 0.6 is 34.5 Å². The molecule has 0 aliphatic carbocycles. The van der Waals surface area contributed by atoms with Crippen molar-refractivity contribution in [1.82, 2.24) is 4.98 Å². The fourth-order valence-electron chi connectivity index (χ4n) is 1.35. The molecule has 2 nitrogen and oxygen atoms in total. The van der Waals surface area contributed by atoms with E-state index in [1.165, 1.54) is 0 Å². The number of aromatic nitrogens is 1. The van der Waals surface area contributed by atoms with Gasteiger partial charge >= 0.3 is 0 Å². The second-order valence-electron chi connectivity index (χ2n) is 3.26. The van der Waals surface area contributed by atoms with Crippen LogP contribution in [0.5, 0.6) is 0 Å². The van der Waals surface area contributed by atoms with Crippen molar-refractivity contribution in [3.8, 4) is 0 Å². The lowest BCUT2D eigenvalue weighted by atomic mass is 10.3. The Morgan fingerprint density at radius 1 is 1.19 bits per heavy atom. The molecule has 0 bridgehead atoms. The fraction of sp³-hybridized carbons (Fsp3) is 0.182. The van der Waals surface area contributed by atoms with Gasteiger partial charge in [0.15, 0.2) is 0 Å². The first kappa shape index (κ1) is 11.7. The highest BCUT2D eigenvalue weighted by Gasteiger charge is 1.99. The van der Waals surface area contributed by atoms with Crippen LogP contribution in [0.15, 0.2) is 29.8 Å². The quantitative estimate of drug-likeness (QED) is 0.907. The van der Waals surface area contributed by atoms with Crippen LogP contribution < -0.4 is 5.32 Å². The van der Waals surface area contributed by atoms with E-state index < -0.39 is 0 Å². The minimum absolute atomic E-state index is 0.643. The van der Waals surface area contributed by atoms with Crippen LogP contribution in [-0.4, -0.2) is 11.5 Å². The average Bonchev–Trinajstić information content (AvgIpc) is 2.69. The predicted molar refractivity (Wildman–Crippen MR) is 70.8 cm³/mol. The smallest absolute Gasteiger partial charge is 0.0942 e. The summed E-state index contributed by atoms with van der Waals surface area (Å²) in [4.78, 5) is 4.21. The molecule has 2 aromatic rings. The predicted octanol–water partition coefficient (Wildman–Crippen LogP) is 4.10.